The number of amides is 1. The van der Waals surface area contributed by atoms with Crippen molar-refractivity contribution in [2.45, 2.75) is 34.1 Å². The van der Waals surface area contributed by atoms with Gasteiger partial charge in [-0.3, -0.25) is 4.79 Å². The first kappa shape index (κ1) is 18.5. The number of nitrogens with one attached hydrogen (secondary N) is 1. The van der Waals surface area contributed by atoms with Crippen molar-refractivity contribution in [3.63, 3.8) is 0 Å². The Hall–Kier alpha value is -1.56. The molecule has 0 spiro atoms. The van der Waals surface area contributed by atoms with Crippen LogP contribution >= 0.6 is 15.9 Å². The van der Waals surface area contributed by atoms with Crippen LogP contribution in [0.1, 0.15) is 44.5 Å². The van der Waals surface area contributed by atoms with E-state index in [-0.39, 0.29) is 5.91 Å². The molecule has 1 N–H and O–H groups in total. The Bertz CT molecular complexity index is 557. The van der Waals surface area contributed by atoms with E-state index in [1.165, 1.54) is 7.11 Å². The highest BCUT2D eigenvalue weighted by Crippen LogP contribution is 2.36. The van der Waals surface area contributed by atoms with Gasteiger partial charge < -0.3 is 9.47 Å². The lowest BCUT2D eigenvalue weighted by Gasteiger charge is -2.13. The van der Waals surface area contributed by atoms with Crippen molar-refractivity contribution in [3.8, 4) is 11.5 Å². The van der Waals surface area contributed by atoms with Gasteiger partial charge in [0.2, 0.25) is 0 Å². The molecule has 0 heterocycles. The molecular weight excluding hydrogens is 348 g/mol. The summed E-state index contributed by atoms with van der Waals surface area (Å²) in [6.07, 6.45) is 0.800. The van der Waals surface area contributed by atoms with Gasteiger partial charge in [0.1, 0.15) is 0 Å². The summed E-state index contributed by atoms with van der Waals surface area (Å²) >= 11 is 3.40. The zero-order chi connectivity index (χ0) is 16.7. The molecule has 6 heteroatoms. The molecule has 1 amide bonds. The molecular formula is C16H23BrN2O3. The molecule has 0 bridgehead atoms. The third-order valence-corrected chi connectivity index (χ3v) is 3.70. The van der Waals surface area contributed by atoms with Gasteiger partial charge in [-0.05, 0) is 47.3 Å². The van der Waals surface area contributed by atoms with Crippen LogP contribution in [0.2, 0.25) is 0 Å². The molecule has 0 aliphatic heterocycles. The van der Waals surface area contributed by atoms with Crippen molar-refractivity contribution < 1.29 is 14.3 Å². The van der Waals surface area contributed by atoms with Gasteiger partial charge in [-0.25, -0.2) is 5.43 Å². The minimum absolute atomic E-state index is 0.284. The summed E-state index contributed by atoms with van der Waals surface area (Å²) in [5.74, 6) is 1.10. The number of carbonyl (C=O) groups excluding carboxylic acids is 1. The van der Waals surface area contributed by atoms with Gasteiger partial charge in [0.15, 0.2) is 11.5 Å². The van der Waals surface area contributed by atoms with Crippen LogP contribution in [0.4, 0.5) is 0 Å². The zero-order valence-corrected chi connectivity index (χ0v) is 15.3. The van der Waals surface area contributed by atoms with Crippen LogP contribution in [-0.2, 0) is 0 Å². The van der Waals surface area contributed by atoms with Crippen LogP contribution < -0.4 is 14.9 Å². The fourth-order valence-electron chi connectivity index (χ4n) is 1.94. The number of hydrogen-bond donors (Lipinski definition) is 1. The molecule has 0 atom stereocenters. The third kappa shape index (κ3) is 4.73. The van der Waals surface area contributed by atoms with Crippen molar-refractivity contribution >= 4 is 27.5 Å². The maximum absolute atomic E-state index is 12.2. The summed E-state index contributed by atoms with van der Waals surface area (Å²) in [6.45, 7) is 8.51. The smallest absolute Gasteiger partial charge is 0.271 e. The maximum atomic E-state index is 12.2. The Morgan fingerprint density at radius 1 is 1.36 bits per heavy atom. The van der Waals surface area contributed by atoms with Gasteiger partial charge in [-0.15, -0.1) is 0 Å². The summed E-state index contributed by atoms with van der Waals surface area (Å²) in [5.41, 5.74) is 4.00. The van der Waals surface area contributed by atoms with E-state index in [2.05, 4.69) is 26.5 Å². The van der Waals surface area contributed by atoms with E-state index in [4.69, 9.17) is 9.47 Å². The molecule has 0 saturated carbocycles. The molecule has 5 nitrogen and oxygen atoms in total. The van der Waals surface area contributed by atoms with E-state index < -0.39 is 0 Å². The number of halogens is 1. The molecule has 0 unspecified atom stereocenters. The number of nitrogens with zero attached hydrogens (tertiary/aromatic N) is 1. The van der Waals surface area contributed by atoms with Gasteiger partial charge in [-0.2, -0.15) is 5.10 Å². The van der Waals surface area contributed by atoms with Crippen molar-refractivity contribution in [2.75, 3.05) is 13.7 Å². The van der Waals surface area contributed by atoms with E-state index in [1.807, 2.05) is 27.7 Å². The largest absolute Gasteiger partial charge is 0.493 e. The van der Waals surface area contributed by atoms with Gasteiger partial charge in [0, 0.05) is 11.3 Å². The minimum Gasteiger partial charge on any atom is -0.493 e. The van der Waals surface area contributed by atoms with Crippen LogP contribution in [0, 0.1) is 5.92 Å². The summed E-state index contributed by atoms with van der Waals surface area (Å²) in [7, 11) is 1.54. The molecule has 122 valence electrons. The molecule has 0 fully saturated rings. The predicted octanol–water partition coefficient (Wildman–Crippen LogP) is 4.01. The quantitative estimate of drug-likeness (QED) is 0.582. The second-order valence-electron chi connectivity index (χ2n) is 4.97. The third-order valence-electron chi connectivity index (χ3n) is 3.11. The normalized spacial score (nSPS) is 11.5. The van der Waals surface area contributed by atoms with Crippen molar-refractivity contribution in [2.24, 2.45) is 11.0 Å². The number of rotatable bonds is 7. The van der Waals surface area contributed by atoms with Crippen molar-refractivity contribution in [1.82, 2.24) is 5.43 Å². The molecule has 0 aromatic heterocycles. The lowest BCUT2D eigenvalue weighted by Crippen LogP contribution is -2.21. The average molecular weight is 371 g/mol. The Labute approximate surface area is 140 Å². The summed E-state index contributed by atoms with van der Waals surface area (Å²) < 4.78 is 11.5. The van der Waals surface area contributed by atoms with Crippen molar-refractivity contribution in [1.29, 1.82) is 0 Å². The summed E-state index contributed by atoms with van der Waals surface area (Å²) in [4.78, 5) is 12.2. The second-order valence-corrected chi connectivity index (χ2v) is 5.83. The minimum atomic E-state index is -0.284. The topological polar surface area (TPSA) is 59.9 Å². The number of carbonyl (C=O) groups is 1. The van der Waals surface area contributed by atoms with Gasteiger partial charge in [0.05, 0.1) is 18.2 Å². The van der Waals surface area contributed by atoms with E-state index >= 15 is 0 Å². The van der Waals surface area contributed by atoms with Crippen LogP contribution in [-0.4, -0.2) is 25.3 Å². The highest BCUT2D eigenvalue weighted by molar-refractivity contribution is 9.10. The van der Waals surface area contributed by atoms with Gasteiger partial charge in [0.25, 0.3) is 5.91 Å². The van der Waals surface area contributed by atoms with E-state index in [0.717, 1.165) is 12.1 Å². The zero-order valence-electron chi connectivity index (χ0n) is 13.7. The molecule has 0 saturated heterocycles. The van der Waals surface area contributed by atoms with E-state index in [1.54, 1.807) is 12.1 Å². The molecule has 1 rings (SSSR count). The van der Waals surface area contributed by atoms with Crippen molar-refractivity contribution in [3.05, 3.63) is 22.2 Å². The highest BCUT2D eigenvalue weighted by atomic mass is 79.9. The standard InChI is InChI=1S/C16H23BrN2O3/c1-6-13(10(3)4)18-19-16(20)11-8-12(17)15(22-7-2)14(9-11)21-5/h8-10H,6-7H2,1-5H3,(H,19,20)/b18-13-. The Balaban J connectivity index is 3.02. The molecule has 0 aliphatic rings. The molecule has 0 aliphatic carbocycles. The van der Waals surface area contributed by atoms with Crippen LogP contribution in [0.5, 0.6) is 11.5 Å². The number of ether oxygens (including phenoxy) is 2. The lowest BCUT2D eigenvalue weighted by atomic mass is 10.1. The SMILES string of the molecule is CCOc1c(Br)cc(C(=O)N/N=C(/CC)C(C)C)cc1OC. The predicted molar refractivity (Wildman–Crippen MR) is 91.9 cm³/mol. The Morgan fingerprint density at radius 3 is 2.55 bits per heavy atom. The first-order valence-electron chi connectivity index (χ1n) is 7.31. The number of hydrogen-bond acceptors (Lipinski definition) is 4. The fourth-order valence-corrected chi connectivity index (χ4v) is 2.50. The van der Waals surface area contributed by atoms with E-state index in [9.17, 15) is 4.79 Å². The van der Waals surface area contributed by atoms with Crippen LogP contribution in [0.3, 0.4) is 0 Å². The second kappa shape index (κ2) is 8.78. The molecule has 1 aromatic carbocycles. The molecule has 0 radical (unpaired) electrons. The lowest BCUT2D eigenvalue weighted by molar-refractivity contribution is 0.0954. The summed E-state index contributed by atoms with van der Waals surface area (Å²) in [6, 6.07) is 3.33. The highest BCUT2D eigenvalue weighted by Gasteiger charge is 2.15. The maximum Gasteiger partial charge on any atom is 0.271 e. The molecule has 1 aromatic rings. The van der Waals surface area contributed by atoms with Gasteiger partial charge >= 0.3 is 0 Å². The monoisotopic (exact) mass is 370 g/mol. The van der Waals surface area contributed by atoms with E-state index in [0.29, 0.717) is 34.1 Å². The fraction of sp³-hybridized carbons (Fsp3) is 0.500. The van der Waals surface area contributed by atoms with Gasteiger partial charge in [-0.1, -0.05) is 20.8 Å². The van der Waals surface area contributed by atoms with Crippen LogP contribution in [0.15, 0.2) is 21.7 Å². The average Bonchev–Trinajstić information content (AvgIpc) is 2.49. The number of hydrazone groups is 1. The summed E-state index contributed by atoms with van der Waals surface area (Å²) in [5, 5.41) is 4.19. The first-order chi connectivity index (χ1) is 10.4. The Morgan fingerprint density at radius 2 is 2.05 bits per heavy atom. The number of methoxy groups -OCH3 is 1. The molecule has 22 heavy (non-hydrogen) atoms. The number of benzene rings is 1. The van der Waals surface area contributed by atoms with Crippen LogP contribution in [0.25, 0.3) is 0 Å². The first-order valence-corrected chi connectivity index (χ1v) is 8.10. The Kier molecular flexibility index (Phi) is 7.38.